The van der Waals surface area contributed by atoms with Gasteiger partial charge in [-0.25, -0.2) is 0 Å². The summed E-state index contributed by atoms with van der Waals surface area (Å²) in [4.78, 5) is 13.5. The lowest BCUT2D eigenvalue weighted by atomic mass is 10.0. The summed E-state index contributed by atoms with van der Waals surface area (Å²) in [5, 5.41) is 5.57. The summed E-state index contributed by atoms with van der Waals surface area (Å²) in [6.45, 7) is 4.84. The lowest BCUT2D eigenvalue weighted by Crippen LogP contribution is -3.00. The third-order valence-electron chi connectivity index (χ3n) is 8.73. The van der Waals surface area contributed by atoms with Crippen molar-refractivity contribution in [2.75, 3.05) is 13.3 Å². The van der Waals surface area contributed by atoms with Gasteiger partial charge in [-0.3, -0.25) is 4.79 Å². The van der Waals surface area contributed by atoms with E-state index < -0.39 is 14.5 Å². The predicted octanol–water partition coefficient (Wildman–Crippen LogP) is 2.52. The number of ketones is 1. The van der Waals surface area contributed by atoms with Crippen LogP contribution in [0.1, 0.15) is 27.0 Å². The summed E-state index contributed by atoms with van der Waals surface area (Å²) >= 11 is 0. The molecule has 0 heterocycles. The van der Waals surface area contributed by atoms with Crippen LogP contribution in [-0.4, -0.2) is 19.1 Å². The highest BCUT2D eigenvalue weighted by Gasteiger charge is 2.38. The molecule has 6 aromatic carbocycles. The average molecular weight is 769 g/mol. The number of hydrogen-bond donors (Lipinski definition) is 0. The molecule has 5 heteroatoms. The molecule has 0 radical (unpaired) electrons. The molecular formula is C41H38Br2OP2. The molecule has 0 bridgehead atoms. The highest BCUT2D eigenvalue weighted by atomic mass is 79.9. The number of carbonyl (C=O) groups excluding carboxylic acids is 1. The van der Waals surface area contributed by atoms with Crippen LogP contribution in [0.2, 0.25) is 0 Å². The predicted molar refractivity (Wildman–Crippen MR) is 194 cm³/mol. The van der Waals surface area contributed by atoms with E-state index in [1.807, 2.05) is 24.3 Å². The lowest BCUT2D eigenvalue weighted by Gasteiger charge is -2.23. The number of halogens is 2. The first-order valence-corrected chi connectivity index (χ1v) is 20.0. The molecule has 0 amide bonds. The third-order valence-corrected chi connectivity index (χ3v) is 16.5. The van der Waals surface area contributed by atoms with Crippen LogP contribution < -0.4 is 55.2 Å². The van der Waals surface area contributed by atoms with Crippen LogP contribution in [0.15, 0.2) is 170 Å². The normalized spacial score (nSPS) is 11.2. The molecule has 0 spiro atoms. The Bertz CT molecular complexity index is 1600. The number of rotatable bonds is 10. The Morgan fingerprint density at radius 3 is 0.870 bits per heavy atom. The van der Waals surface area contributed by atoms with Gasteiger partial charge in [0.25, 0.3) is 0 Å². The van der Waals surface area contributed by atoms with Crippen molar-refractivity contribution < 1.29 is 38.8 Å². The molecule has 0 fully saturated rings. The van der Waals surface area contributed by atoms with Gasteiger partial charge in [0.2, 0.25) is 0 Å². The van der Waals surface area contributed by atoms with Crippen molar-refractivity contribution in [2.24, 2.45) is 0 Å². The number of benzene rings is 6. The molecule has 0 unspecified atom stereocenters. The Labute approximate surface area is 296 Å². The zero-order chi connectivity index (χ0) is 30.4. The Kier molecular flexibility index (Phi) is 12.5. The first-order valence-electron chi connectivity index (χ1n) is 15.1. The fourth-order valence-electron chi connectivity index (χ4n) is 6.11. The van der Waals surface area contributed by atoms with Crippen molar-refractivity contribution in [1.82, 2.24) is 0 Å². The summed E-state index contributed by atoms with van der Waals surface area (Å²) in [6, 6.07) is 60.0. The van der Waals surface area contributed by atoms with Crippen LogP contribution in [0.25, 0.3) is 0 Å². The second-order valence-corrected chi connectivity index (χ2v) is 19.2. The Morgan fingerprint density at radius 2 is 0.630 bits per heavy atom. The fraction of sp³-hybridized carbons (Fsp3) is 0.0976. The van der Waals surface area contributed by atoms with Crippen LogP contribution in [-0.2, 0) is 12.3 Å². The van der Waals surface area contributed by atoms with Gasteiger partial charge in [0.15, 0.2) is 5.78 Å². The van der Waals surface area contributed by atoms with Crippen LogP contribution in [0.4, 0.5) is 0 Å². The van der Waals surface area contributed by atoms with Crippen molar-refractivity contribution in [3.05, 3.63) is 192 Å². The number of carbonyl (C=O) groups is 1. The molecule has 0 aliphatic heterocycles. The van der Waals surface area contributed by atoms with Crippen LogP contribution in [0.5, 0.6) is 0 Å². The zero-order valence-corrected chi connectivity index (χ0v) is 31.1. The monoisotopic (exact) mass is 766 g/mol. The van der Waals surface area contributed by atoms with Gasteiger partial charge in [0.05, 0.1) is 61.4 Å². The summed E-state index contributed by atoms with van der Waals surface area (Å²) in [5.41, 5.74) is 3.97. The van der Waals surface area contributed by atoms with E-state index >= 15 is 0 Å². The van der Waals surface area contributed by atoms with E-state index in [0.717, 1.165) is 23.5 Å². The third kappa shape index (κ3) is 7.84. The molecule has 6 rings (SSSR count). The van der Waals surface area contributed by atoms with E-state index in [2.05, 4.69) is 159 Å². The Morgan fingerprint density at radius 1 is 0.391 bits per heavy atom. The van der Waals surface area contributed by atoms with E-state index in [4.69, 9.17) is 0 Å². The zero-order valence-electron chi connectivity index (χ0n) is 26.1. The summed E-state index contributed by atoms with van der Waals surface area (Å²) in [6.07, 6.45) is 1.91. The van der Waals surface area contributed by atoms with Crippen molar-refractivity contribution >= 4 is 41.5 Å². The molecule has 0 aliphatic carbocycles. The molecule has 46 heavy (non-hydrogen) atoms. The highest BCUT2D eigenvalue weighted by Crippen LogP contribution is 2.56. The van der Waals surface area contributed by atoms with E-state index in [-0.39, 0.29) is 39.7 Å². The van der Waals surface area contributed by atoms with Gasteiger partial charge in [0.1, 0.15) is 0 Å². The molecule has 0 saturated heterocycles. The minimum Gasteiger partial charge on any atom is -1.00 e. The molecular weight excluding hydrogens is 730 g/mol. The summed E-state index contributed by atoms with van der Waals surface area (Å²) in [5.74, 6) is 0.0652. The minimum absolute atomic E-state index is 0. The van der Waals surface area contributed by atoms with Gasteiger partial charge >= 0.3 is 0 Å². The summed E-state index contributed by atoms with van der Waals surface area (Å²) in [7, 11) is -3.29. The van der Waals surface area contributed by atoms with Gasteiger partial charge in [-0.1, -0.05) is 121 Å². The molecule has 1 nitrogen and oxygen atoms in total. The maximum atomic E-state index is 13.5. The van der Waals surface area contributed by atoms with E-state index in [0.29, 0.717) is 0 Å². The van der Waals surface area contributed by atoms with Crippen LogP contribution >= 0.6 is 14.5 Å². The van der Waals surface area contributed by atoms with Gasteiger partial charge in [-0.2, -0.15) is 0 Å². The molecule has 0 N–H and O–H groups in total. The largest absolute Gasteiger partial charge is 1.00 e. The molecule has 0 aliphatic rings. The van der Waals surface area contributed by atoms with Crippen molar-refractivity contribution in [2.45, 2.75) is 12.3 Å². The SMILES string of the molecule is C[P+](Cc1ccc(C(=O)c2ccc(C[P+](C)(c3ccccc3)c3ccccc3)cc2)cc1)(c1ccccc1)c1ccccc1.[Br-].[Br-]. The first kappa shape index (κ1) is 35.7. The maximum absolute atomic E-state index is 13.5. The quantitative estimate of drug-likeness (QED) is 0.155. The van der Waals surface area contributed by atoms with E-state index in [1.165, 1.54) is 32.3 Å². The first-order chi connectivity index (χ1) is 21.5. The lowest BCUT2D eigenvalue weighted by molar-refractivity contribution is -0.00100. The maximum Gasteiger partial charge on any atom is 0.193 e. The number of hydrogen-bond acceptors (Lipinski definition) is 1. The second kappa shape index (κ2) is 16.1. The molecule has 6 aromatic rings. The van der Waals surface area contributed by atoms with Crippen molar-refractivity contribution in [1.29, 1.82) is 0 Å². The Hall–Kier alpha value is -3.19. The Balaban J connectivity index is 0.00000240. The van der Waals surface area contributed by atoms with Crippen LogP contribution in [0.3, 0.4) is 0 Å². The topological polar surface area (TPSA) is 17.1 Å². The summed E-state index contributed by atoms with van der Waals surface area (Å²) < 4.78 is 0. The van der Waals surface area contributed by atoms with Gasteiger partial charge < -0.3 is 34.0 Å². The van der Waals surface area contributed by atoms with E-state index in [1.54, 1.807) is 0 Å². The van der Waals surface area contributed by atoms with E-state index in [9.17, 15) is 4.79 Å². The fourth-order valence-corrected chi connectivity index (χ4v) is 12.6. The average Bonchev–Trinajstić information content (AvgIpc) is 3.10. The van der Waals surface area contributed by atoms with Crippen molar-refractivity contribution in [3.63, 3.8) is 0 Å². The van der Waals surface area contributed by atoms with Gasteiger partial charge in [0, 0.05) is 11.1 Å². The standard InChI is InChI=1S/C41H38OP2.2BrH/c1-43(37-15-7-3-8-16-37,38-17-9-4-10-18-38)31-33-23-27-35(28-24-33)41(42)36-29-25-34(26-30-36)32-44(2,39-19-11-5-12-20-39)40-21-13-6-14-22-40;;/h3-30H,31-32H2,1-2H3;2*1H/q+2;;/p-2. The van der Waals surface area contributed by atoms with Gasteiger partial charge in [-0.05, 0) is 59.7 Å². The molecule has 232 valence electrons. The molecule has 0 saturated carbocycles. The minimum atomic E-state index is -1.64. The second-order valence-electron chi connectivity index (χ2n) is 11.8. The highest BCUT2D eigenvalue weighted by molar-refractivity contribution is 7.88. The van der Waals surface area contributed by atoms with Gasteiger partial charge in [-0.15, -0.1) is 0 Å². The van der Waals surface area contributed by atoms with Crippen LogP contribution in [0, 0.1) is 0 Å². The molecule has 0 atom stereocenters. The smallest absolute Gasteiger partial charge is 0.193 e. The molecule has 0 aromatic heterocycles. The van der Waals surface area contributed by atoms with Crippen molar-refractivity contribution in [3.8, 4) is 0 Å².